The van der Waals surface area contributed by atoms with E-state index in [1.165, 1.54) is 16.3 Å². The van der Waals surface area contributed by atoms with Crippen LogP contribution in [0.2, 0.25) is 0 Å². The number of amides is 1. The lowest BCUT2D eigenvalue weighted by atomic mass is 10.0. The van der Waals surface area contributed by atoms with E-state index in [1.807, 2.05) is 32.9 Å². The van der Waals surface area contributed by atoms with E-state index in [4.69, 9.17) is 4.42 Å². The zero-order valence-corrected chi connectivity index (χ0v) is 15.8. The van der Waals surface area contributed by atoms with Crippen LogP contribution >= 0.6 is 0 Å². The molecule has 2 aromatic heterocycles. The van der Waals surface area contributed by atoms with Gasteiger partial charge in [0.2, 0.25) is 5.91 Å². The lowest BCUT2D eigenvalue weighted by Crippen LogP contribution is -2.23. The summed E-state index contributed by atoms with van der Waals surface area (Å²) >= 11 is 0. The highest BCUT2D eigenvalue weighted by Gasteiger charge is 2.10. The first-order valence-electron chi connectivity index (χ1n) is 8.94. The van der Waals surface area contributed by atoms with Gasteiger partial charge in [-0.25, -0.2) is 4.68 Å². The Morgan fingerprint density at radius 1 is 1.15 bits per heavy atom. The molecule has 1 amide bonds. The molecule has 6 nitrogen and oxygen atoms in total. The molecule has 27 heavy (non-hydrogen) atoms. The predicted molar refractivity (Wildman–Crippen MR) is 105 cm³/mol. The van der Waals surface area contributed by atoms with Crippen LogP contribution in [0.5, 0.6) is 0 Å². The van der Waals surface area contributed by atoms with Gasteiger partial charge in [-0.15, -0.1) is 0 Å². The van der Waals surface area contributed by atoms with Crippen molar-refractivity contribution in [2.24, 2.45) is 0 Å². The number of nitrogens with one attached hydrogen (secondary N) is 1. The van der Waals surface area contributed by atoms with E-state index in [0.29, 0.717) is 30.8 Å². The molecular weight excluding hydrogens is 342 g/mol. The van der Waals surface area contributed by atoms with Gasteiger partial charge in [0.05, 0.1) is 6.26 Å². The maximum Gasteiger partial charge on any atom is 0.266 e. The topological polar surface area (TPSA) is 77.1 Å². The first kappa shape index (κ1) is 18.6. The molecule has 0 saturated heterocycles. The minimum atomic E-state index is -0.198. The number of aromatic nitrogens is 2. The zero-order valence-electron chi connectivity index (χ0n) is 15.8. The van der Waals surface area contributed by atoms with Crippen LogP contribution in [0.1, 0.15) is 29.5 Å². The molecule has 0 saturated carbocycles. The minimum Gasteiger partial charge on any atom is -0.463 e. The molecule has 1 N–H and O–H groups in total. The Balaban J connectivity index is 1.61. The van der Waals surface area contributed by atoms with Gasteiger partial charge < -0.3 is 9.73 Å². The Labute approximate surface area is 157 Å². The van der Waals surface area contributed by atoms with Crippen molar-refractivity contribution in [1.82, 2.24) is 9.78 Å². The fourth-order valence-corrected chi connectivity index (χ4v) is 3.13. The molecule has 1 aromatic carbocycles. The van der Waals surface area contributed by atoms with Gasteiger partial charge in [-0.3, -0.25) is 9.59 Å². The minimum absolute atomic E-state index is 0.0692. The van der Waals surface area contributed by atoms with E-state index < -0.39 is 0 Å². The van der Waals surface area contributed by atoms with Crippen molar-refractivity contribution in [3.63, 3.8) is 0 Å². The number of carbonyl (C=O) groups is 1. The van der Waals surface area contributed by atoms with Crippen LogP contribution in [0.15, 0.2) is 51.9 Å². The number of aryl methyl sites for hydroxylation is 4. The second-order valence-electron chi connectivity index (χ2n) is 6.68. The molecule has 0 spiro atoms. The molecule has 0 aliphatic carbocycles. The molecule has 140 valence electrons. The molecule has 0 aliphatic heterocycles. The van der Waals surface area contributed by atoms with Crippen molar-refractivity contribution in [2.75, 3.05) is 5.32 Å². The maximum absolute atomic E-state index is 12.3. The standard InChI is InChI=1S/C21H23N3O3/c1-14-12-15(2)21(16(3)13-14)22-19(25)7-4-10-24-20(26)9-8-17(23-24)18-6-5-11-27-18/h5-6,8-9,11-13H,4,7,10H2,1-3H3,(H,22,25). The smallest absolute Gasteiger partial charge is 0.266 e. The number of benzene rings is 1. The SMILES string of the molecule is Cc1cc(C)c(NC(=O)CCCn2nc(-c3ccco3)ccc2=O)c(C)c1. The number of hydrogen-bond donors (Lipinski definition) is 1. The van der Waals surface area contributed by atoms with E-state index >= 15 is 0 Å². The van der Waals surface area contributed by atoms with Gasteiger partial charge in [-0.05, 0) is 56.5 Å². The van der Waals surface area contributed by atoms with Crippen molar-refractivity contribution in [2.45, 2.75) is 40.2 Å². The Morgan fingerprint density at radius 3 is 2.56 bits per heavy atom. The summed E-state index contributed by atoms with van der Waals surface area (Å²) in [6, 6.07) is 10.7. The summed E-state index contributed by atoms with van der Waals surface area (Å²) in [5.41, 5.74) is 4.52. The van der Waals surface area contributed by atoms with Gasteiger partial charge in [0, 0.05) is 24.7 Å². The van der Waals surface area contributed by atoms with Crippen molar-refractivity contribution in [3.8, 4) is 11.5 Å². The molecule has 2 heterocycles. The molecule has 0 atom stereocenters. The van der Waals surface area contributed by atoms with Crippen LogP contribution in [0, 0.1) is 20.8 Å². The maximum atomic E-state index is 12.3. The van der Waals surface area contributed by atoms with Crippen LogP contribution in [0.3, 0.4) is 0 Å². The highest BCUT2D eigenvalue weighted by Crippen LogP contribution is 2.22. The molecule has 0 radical (unpaired) electrons. The summed E-state index contributed by atoms with van der Waals surface area (Å²) in [7, 11) is 0. The molecule has 0 unspecified atom stereocenters. The highest BCUT2D eigenvalue weighted by atomic mass is 16.3. The van der Waals surface area contributed by atoms with Gasteiger partial charge in [0.1, 0.15) is 5.69 Å². The average Bonchev–Trinajstić information content (AvgIpc) is 3.14. The zero-order chi connectivity index (χ0) is 19.4. The van der Waals surface area contributed by atoms with E-state index in [2.05, 4.69) is 10.4 Å². The number of nitrogens with zero attached hydrogens (tertiary/aromatic N) is 2. The first-order valence-corrected chi connectivity index (χ1v) is 8.94. The molecular formula is C21H23N3O3. The summed E-state index contributed by atoms with van der Waals surface area (Å²) < 4.78 is 6.68. The number of rotatable bonds is 6. The van der Waals surface area contributed by atoms with E-state index in [0.717, 1.165) is 16.8 Å². The molecule has 6 heteroatoms. The van der Waals surface area contributed by atoms with Gasteiger partial charge >= 0.3 is 0 Å². The normalized spacial score (nSPS) is 10.8. The summed E-state index contributed by atoms with van der Waals surface area (Å²) in [4.78, 5) is 24.3. The Morgan fingerprint density at radius 2 is 1.89 bits per heavy atom. The fourth-order valence-electron chi connectivity index (χ4n) is 3.13. The third kappa shape index (κ3) is 4.53. The van der Waals surface area contributed by atoms with E-state index in [-0.39, 0.29) is 11.5 Å². The summed E-state index contributed by atoms with van der Waals surface area (Å²) in [5.74, 6) is 0.534. The van der Waals surface area contributed by atoms with Gasteiger partial charge in [0.15, 0.2) is 5.76 Å². The fraction of sp³-hybridized carbons (Fsp3) is 0.286. The molecule has 0 fully saturated rings. The summed E-state index contributed by atoms with van der Waals surface area (Å²) in [5, 5.41) is 7.29. The van der Waals surface area contributed by atoms with E-state index in [9.17, 15) is 9.59 Å². The van der Waals surface area contributed by atoms with Crippen molar-refractivity contribution in [3.05, 3.63) is 69.7 Å². The molecule has 3 aromatic rings. The number of hydrogen-bond acceptors (Lipinski definition) is 4. The Kier molecular flexibility index (Phi) is 5.54. The van der Waals surface area contributed by atoms with Crippen molar-refractivity contribution in [1.29, 1.82) is 0 Å². The van der Waals surface area contributed by atoms with Crippen LogP contribution in [-0.2, 0) is 11.3 Å². The average molecular weight is 365 g/mol. The Hall–Kier alpha value is -3.15. The van der Waals surface area contributed by atoms with Crippen LogP contribution in [-0.4, -0.2) is 15.7 Å². The van der Waals surface area contributed by atoms with Gasteiger partial charge in [-0.1, -0.05) is 17.7 Å². The van der Waals surface area contributed by atoms with E-state index in [1.54, 1.807) is 24.5 Å². The lowest BCUT2D eigenvalue weighted by molar-refractivity contribution is -0.116. The monoisotopic (exact) mass is 365 g/mol. The number of furan rings is 1. The van der Waals surface area contributed by atoms with Crippen LogP contribution in [0.25, 0.3) is 11.5 Å². The quantitative estimate of drug-likeness (QED) is 0.720. The third-order valence-electron chi connectivity index (χ3n) is 4.36. The molecule has 0 bridgehead atoms. The molecule has 3 rings (SSSR count). The van der Waals surface area contributed by atoms with Crippen LogP contribution in [0.4, 0.5) is 5.69 Å². The number of anilines is 1. The number of carbonyl (C=O) groups excluding carboxylic acids is 1. The molecule has 0 aliphatic rings. The second kappa shape index (κ2) is 8.03. The highest BCUT2D eigenvalue weighted by molar-refractivity contribution is 5.92. The van der Waals surface area contributed by atoms with Crippen LogP contribution < -0.4 is 10.9 Å². The summed E-state index contributed by atoms with van der Waals surface area (Å²) in [6.45, 7) is 6.37. The van der Waals surface area contributed by atoms with Crippen molar-refractivity contribution < 1.29 is 9.21 Å². The largest absolute Gasteiger partial charge is 0.463 e. The van der Waals surface area contributed by atoms with Gasteiger partial charge in [-0.2, -0.15) is 5.10 Å². The predicted octanol–water partition coefficient (Wildman–Crippen LogP) is 3.85. The van der Waals surface area contributed by atoms with Crippen molar-refractivity contribution >= 4 is 11.6 Å². The third-order valence-corrected chi connectivity index (χ3v) is 4.36. The Bertz CT molecular complexity index is 981. The lowest BCUT2D eigenvalue weighted by Gasteiger charge is -2.13. The second-order valence-corrected chi connectivity index (χ2v) is 6.68. The first-order chi connectivity index (χ1) is 12.9. The van der Waals surface area contributed by atoms with Gasteiger partial charge in [0.25, 0.3) is 5.56 Å². The summed E-state index contributed by atoms with van der Waals surface area (Å²) in [6.07, 6.45) is 2.39.